The number of aromatic nitrogens is 2. The molecular formula is C16H22ClN3. The zero-order valence-electron chi connectivity index (χ0n) is 12.5. The molecule has 2 rings (SSSR count). The summed E-state index contributed by atoms with van der Waals surface area (Å²) < 4.78 is 1.99. The summed E-state index contributed by atoms with van der Waals surface area (Å²) in [5.74, 6) is 0. The van der Waals surface area contributed by atoms with E-state index in [1.54, 1.807) is 0 Å². The monoisotopic (exact) mass is 291 g/mol. The van der Waals surface area contributed by atoms with Crippen LogP contribution in [0.2, 0.25) is 5.02 Å². The van der Waals surface area contributed by atoms with Gasteiger partial charge in [-0.05, 0) is 45.4 Å². The van der Waals surface area contributed by atoms with E-state index in [9.17, 15) is 0 Å². The van der Waals surface area contributed by atoms with Crippen LogP contribution < -0.4 is 5.32 Å². The predicted octanol–water partition coefficient (Wildman–Crippen LogP) is 4.14. The Balaban J connectivity index is 1.97. The second kappa shape index (κ2) is 5.98. The number of hydrogen-bond acceptors (Lipinski definition) is 2. The fraction of sp³-hybridized carbons (Fsp3) is 0.438. The molecule has 0 bridgehead atoms. The zero-order chi connectivity index (χ0) is 14.8. The Morgan fingerprint density at radius 2 is 2.10 bits per heavy atom. The van der Waals surface area contributed by atoms with Crippen LogP contribution in [0.25, 0.3) is 0 Å². The maximum absolute atomic E-state index is 6.02. The first-order valence-corrected chi connectivity index (χ1v) is 7.27. The van der Waals surface area contributed by atoms with E-state index >= 15 is 0 Å². The standard InChI is InChI=1S/C16H22ClN3/c1-12(14-6-5-7-15(17)8-14)18-9-13-10-19-20(11-13)16(2,3)4/h5-8,10-12,18H,9H2,1-4H3/t12-/m1/s1. The molecule has 108 valence electrons. The summed E-state index contributed by atoms with van der Waals surface area (Å²) in [6.07, 6.45) is 4.01. The highest BCUT2D eigenvalue weighted by Crippen LogP contribution is 2.18. The summed E-state index contributed by atoms with van der Waals surface area (Å²) in [7, 11) is 0. The van der Waals surface area contributed by atoms with Crippen molar-refractivity contribution in [1.82, 2.24) is 15.1 Å². The Labute approximate surface area is 126 Å². The topological polar surface area (TPSA) is 29.9 Å². The molecule has 4 heteroatoms. The maximum atomic E-state index is 6.02. The van der Waals surface area contributed by atoms with Crippen LogP contribution in [-0.2, 0) is 12.1 Å². The predicted molar refractivity (Wildman–Crippen MR) is 83.9 cm³/mol. The van der Waals surface area contributed by atoms with Gasteiger partial charge in [-0.15, -0.1) is 0 Å². The average Bonchev–Trinajstić information content (AvgIpc) is 2.84. The Hall–Kier alpha value is -1.32. The van der Waals surface area contributed by atoms with Gasteiger partial charge in [0, 0.05) is 29.4 Å². The average molecular weight is 292 g/mol. The Morgan fingerprint density at radius 3 is 2.70 bits per heavy atom. The van der Waals surface area contributed by atoms with Crippen molar-refractivity contribution in [2.45, 2.75) is 45.8 Å². The van der Waals surface area contributed by atoms with E-state index in [-0.39, 0.29) is 11.6 Å². The quantitative estimate of drug-likeness (QED) is 0.917. The van der Waals surface area contributed by atoms with Crippen LogP contribution in [0.15, 0.2) is 36.7 Å². The molecule has 0 saturated heterocycles. The van der Waals surface area contributed by atoms with Crippen LogP contribution in [0.1, 0.15) is 44.9 Å². The summed E-state index contributed by atoms with van der Waals surface area (Å²) in [5, 5.41) is 8.68. The molecule has 0 radical (unpaired) electrons. The number of rotatable bonds is 4. The van der Waals surface area contributed by atoms with Crippen molar-refractivity contribution in [1.29, 1.82) is 0 Å². The van der Waals surface area contributed by atoms with E-state index in [1.165, 1.54) is 11.1 Å². The zero-order valence-corrected chi connectivity index (χ0v) is 13.3. The minimum absolute atomic E-state index is 0.0246. The van der Waals surface area contributed by atoms with Crippen LogP contribution in [0.4, 0.5) is 0 Å². The van der Waals surface area contributed by atoms with Gasteiger partial charge in [-0.3, -0.25) is 4.68 Å². The summed E-state index contributed by atoms with van der Waals surface area (Å²) in [5.41, 5.74) is 2.41. The minimum atomic E-state index is 0.0246. The first-order chi connectivity index (χ1) is 9.36. The molecule has 0 aliphatic heterocycles. The molecule has 1 N–H and O–H groups in total. The van der Waals surface area contributed by atoms with Gasteiger partial charge in [0.2, 0.25) is 0 Å². The fourth-order valence-electron chi connectivity index (χ4n) is 1.98. The first-order valence-electron chi connectivity index (χ1n) is 6.89. The Morgan fingerprint density at radius 1 is 1.35 bits per heavy atom. The highest BCUT2D eigenvalue weighted by molar-refractivity contribution is 6.30. The molecule has 1 aromatic heterocycles. The van der Waals surface area contributed by atoms with Gasteiger partial charge in [0.1, 0.15) is 0 Å². The number of benzene rings is 1. The van der Waals surface area contributed by atoms with Crippen molar-refractivity contribution in [2.75, 3.05) is 0 Å². The third kappa shape index (κ3) is 3.84. The summed E-state index contributed by atoms with van der Waals surface area (Å²) in [6.45, 7) is 9.37. The highest BCUT2D eigenvalue weighted by Gasteiger charge is 2.14. The van der Waals surface area contributed by atoms with Crippen molar-refractivity contribution in [3.8, 4) is 0 Å². The highest BCUT2D eigenvalue weighted by atomic mass is 35.5. The van der Waals surface area contributed by atoms with Gasteiger partial charge in [0.05, 0.1) is 11.7 Å². The van der Waals surface area contributed by atoms with Gasteiger partial charge in [-0.1, -0.05) is 23.7 Å². The molecule has 1 aromatic carbocycles. The van der Waals surface area contributed by atoms with Crippen molar-refractivity contribution in [3.63, 3.8) is 0 Å². The third-order valence-electron chi connectivity index (χ3n) is 3.28. The van der Waals surface area contributed by atoms with Crippen molar-refractivity contribution in [2.24, 2.45) is 0 Å². The van der Waals surface area contributed by atoms with Gasteiger partial charge < -0.3 is 5.32 Å². The SMILES string of the molecule is C[C@@H](NCc1cnn(C(C)(C)C)c1)c1cccc(Cl)c1. The van der Waals surface area contributed by atoms with Gasteiger partial charge in [0.25, 0.3) is 0 Å². The van der Waals surface area contributed by atoms with Crippen LogP contribution >= 0.6 is 11.6 Å². The molecular weight excluding hydrogens is 270 g/mol. The third-order valence-corrected chi connectivity index (χ3v) is 3.52. The molecule has 0 amide bonds. The van der Waals surface area contributed by atoms with Crippen LogP contribution in [0.3, 0.4) is 0 Å². The molecule has 0 saturated carbocycles. The van der Waals surface area contributed by atoms with Crippen molar-refractivity contribution >= 4 is 11.6 Å². The smallest absolute Gasteiger partial charge is 0.0543 e. The van der Waals surface area contributed by atoms with Crippen LogP contribution in [0.5, 0.6) is 0 Å². The Bertz CT molecular complexity index is 569. The minimum Gasteiger partial charge on any atom is -0.306 e. The Kier molecular flexibility index (Phi) is 4.51. The van der Waals surface area contributed by atoms with Crippen molar-refractivity contribution in [3.05, 3.63) is 52.8 Å². The second-order valence-electron chi connectivity index (χ2n) is 6.12. The lowest BCUT2D eigenvalue weighted by Gasteiger charge is -2.18. The number of nitrogens with one attached hydrogen (secondary N) is 1. The van der Waals surface area contributed by atoms with Crippen LogP contribution in [0, 0.1) is 0 Å². The lowest BCUT2D eigenvalue weighted by Crippen LogP contribution is -2.22. The number of halogens is 1. The molecule has 1 heterocycles. The maximum Gasteiger partial charge on any atom is 0.0543 e. The lowest BCUT2D eigenvalue weighted by atomic mass is 10.1. The van der Waals surface area contributed by atoms with Gasteiger partial charge >= 0.3 is 0 Å². The summed E-state index contributed by atoms with van der Waals surface area (Å²) >= 11 is 6.02. The number of nitrogens with zero attached hydrogens (tertiary/aromatic N) is 2. The molecule has 20 heavy (non-hydrogen) atoms. The first kappa shape index (κ1) is 15.1. The largest absolute Gasteiger partial charge is 0.306 e. The molecule has 0 aliphatic rings. The molecule has 0 unspecified atom stereocenters. The molecule has 0 aliphatic carbocycles. The second-order valence-corrected chi connectivity index (χ2v) is 6.56. The summed E-state index contributed by atoms with van der Waals surface area (Å²) in [6, 6.07) is 8.21. The van der Waals surface area contributed by atoms with Gasteiger partial charge in [-0.2, -0.15) is 5.10 Å². The van der Waals surface area contributed by atoms with E-state index < -0.39 is 0 Å². The molecule has 3 nitrogen and oxygen atoms in total. The van der Waals surface area contributed by atoms with Gasteiger partial charge in [0.15, 0.2) is 0 Å². The lowest BCUT2D eigenvalue weighted by molar-refractivity contribution is 0.355. The van der Waals surface area contributed by atoms with E-state index in [1.807, 2.05) is 29.1 Å². The summed E-state index contributed by atoms with van der Waals surface area (Å²) in [4.78, 5) is 0. The fourth-order valence-corrected chi connectivity index (χ4v) is 2.18. The van der Waals surface area contributed by atoms with E-state index in [4.69, 9.17) is 11.6 Å². The van der Waals surface area contributed by atoms with E-state index in [0.717, 1.165) is 11.6 Å². The van der Waals surface area contributed by atoms with E-state index in [0.29, 0.717) is 0 Å². The van der Waals surface area contributed by atoms with Crippen molar-refractivity contribution < 1.29 is 0 Å². The normalized spacial score (nSPS) is 13.4. The number of hydrogen-bond donors (Lipinski definition) is 1. The molecule has 1 atom stereocenters. The van der Waals surface area contributed by atoms with E-state index in [2.05, 4.69) is 50.4 Å². The van der Waals surface area contributed by atoms with Gasteiger partial charge in [-0.25, -0.2) is 0 Å². The molecule has 0 fully saturated rings. The molecule has 2 aromatic rings. The van der Waals surface area contributed by atoms with Crippen LogP contribution in [-0.4, -0.2) is 9.78 Å². The molecule has 0 spiro atoms.